The molecule has 25 heavy (non-hydrogen) atoms. The summed E-state index contributed by atoms with van der Waals surface area (Å²) in [5.41, 5.74) is 3.21. The van der Waals surface area contributed by atoms with Gasteiger partial charge in [-0.1, -0.05) is 78.9 Å². The Hall–Kier alpha value is -2.87. The van der Waals surface area contributed by atoms with Crippen molar-refractivity contribution in [1.29, 1.82) is 0 Å². The van der Waals surface area contributed by atoms with E-state index in [0.29, 0.717) is 5.56 Å². The van der Waals surface area contributed by atoms with Gasteiger partial charge in [0.15, 0.2) is 0 Å². The van der Waals surface area contributed by atoms with Gasteiger partial charge in [-0.05, 0) is 36.6 Å². The van der Waals surface area contributed by atoms with Gasteiger partial charge in [-0.25, -0.2) is 0 Å². The molecule has 0 saturated heterocycles. The molecule has 2 atom stereocenters. The molecule has 0 spiro atoms. The second kappa shape index (κ2) is 8.29. The van der Waals surface area contributed by atoms with Crippen molar-refractivity contribution in [3.8, 4) is 0 Å². The highest BCUT2D eigenvalue weighted by molar-refractivity contribution is 5.94. The number of carbonyl (C=O) groups excluding carboxylic acids is 1. The minimum absolute atomic E-state index is 0.0234. The van der Waals surface area contributed by atoms with Crippen LogP contribution in [0.5, 0.6) is 0 Å². The predicted molar refractivity (Wildman–Crippen MR) is 103 cm³/mol. The number of hydrogen-bond acceptors (Lipinski definition) is 1. The Bertz CT molecular complexity index is 784. The van der Waals surface area contributed by atoms with E-state index in [9.17, 15) is 4.79 Å². The average Bonchev–Trinajstić information content (AvgIpc) is 2.68. The van der Waals surface area contributed by atoms with Crippen molar-refractivity contribution >= 4 is 5.91 Å². The van der Waals surface area contributed by atoms with E-state index in [1.54, 1.807) is 0 Å². The van der Waals surface area contributed by atoms with Gasteiger partial charge in [0.25, 0.3) is 5.91 Å². The normalized spacial score (nSPS) is 13.0. The molecule has 0 fully saturated rings. The lowest BCUT2D eigenvalue weighted by molar-refractivity contribution is 0.0934. The van der Waals surface area contributed by atoms with Crippen LogP contribution in [0.4, 0.5) is 0 Å². The van der Waals surface area contributed by atoms with Gasteiger partial charge in [-0.2, -0.15) is 0 Å². The summed E-state index contributed by atoms with van der Waals surface area (Å²) in [6, 6.07) is 30.2. The molecule has 126 valence electrons. The second-order valence-electron chi connectivity index (χ2n) is 6.34. The van der Waals surface area contributed by atoms with Crippen LogP contribution in [0.15, 0.2) is 91.0 Å². The van der Waals surface area contributed by atoms with Gasteiger partial charge in [-0.15, -0.1) is 0 Å². The lowest BCUT2D eigenvalue weighted by Crippen LogP contribution is -2.37. The number of rotatable bonds is 6. The van der Waals surface area contributed by atoms with Crippen LogP contribution in [0.2, 0.25) is 0 Å². The summed E-state index contributed by atoms with van der Waals surface area (Å²) in [7, 11) is 0. The Labute approximate surface area is 149 Å². The van der Waals surface area contributed by atoms with E-state index in [2.05, 4.69) is 60.8 Å². The zero-order chi connectivity index (χ0) is 17.5. The molecule has 0 saturated carbocycles. The van der Waals surface area contributed by atoms with Crippen molar-refractivity contribution < 1.29 is 4.79 Å². The first kappa shape index (κ1) is 17.0. The van der Waals surface area contributed by atoms with Gasteiger partial charge < -0.3 is 5.32 Å². The Morgan fingerprint density at radius 2 is 1.32 bits per heavy atom. The molecule has 0 aliphatic carbocycles. The SMILES string of the molecule is CC(NC(=O)c1ccccc1)C(Cc1ccccc1)c1ccccc1. The summed E-state index contributed by atoms with van der Waals surface area (Å²) in [5, 5.41) is 3.18. The molecule has 0 bridgehead atoms. The number of nitrogens with one attached hydrogen (secondary N) is 1. The first-order valence-corrected chi connectivity index (χ1v) is 8.69. The highest BCUT2D eigenvalue weighted by atomic mass is 16.1. The van der Waals surface area contributed by atoms with Crippen molar-refractivity contribution in [2.24, 2.45) is 0 Å². The second-order valence-corrected chi connectivity index (χ2v) is 6.34. The van der Waals surface area contributed by atoms with Crippen molar-refractivity contribution in [1.82, 2.24) is 5.32 Å². The molecule has 1 N–H and O–H groups in total. The quantitative estimate of drug-likeness (QED) is 0.689. The van der Waals surface area contributed by atoms with Crippen molar-refractivity contribution in [3.05, 3.63) is 108 Å². The van der Waals surface area contributed by atoms with Crippen LogP contribution >= 0.6 is 0 Å². The van der Waals surface area contributed by atoms with E-state index in [1.165, 1.54) is 11.1 Å². The molecule has 2 nitrogen and oxygen atoms in total. The molecule has 3 aromatic carbocycles. The van der Waals surface area contributed by atoms with Crippen LogP contribution in [-0.2, 0) is 6.42 Å². The van der Waals surface area contributed by atoms with Crippen LogP contribution in [0.3, 0.4) is 0 Å². The molecule has 0 aromatic heterocycles. The van der Waals surface area contributed by atoms with Gasteiger partial charge >= 0.3 is 0 Å². The molecule has 2 unspecified atom stereocenters. The number of benzene rings is 3. The fourth-order valence-corrected chi connectivity index (χ4v) is 3.13. The predicted octanol–water partition coefficient (Wildman–Crippen LogP) is 4.83. The van der Waals surface area contributed by atoms with Gasteiger partial charge in [0, 0.05) is 17.5 Å². The molecule has 0 heterocycles. The minimum atomic E-state index is -0.0258. The average molecular weight is 329 g/mol. The third kappa shape index (κ3) is 4.57. The smallest absolute Gasteiger partial charge is 0.251 e. The Morgan fingerprint density at radius 3 is 1.92 bits per heavy atom. The van der Waals surface area contributed by atoms with Crippen LogP contribution in [-0.4, -0.2) is 11.9 Å². The molecule has 0 aliphatic heterocycles. The molecular formula is C23H23NO. The summed E-state index contributed by atoms with van der Waals surface area (Å²) >= 11 is 0. The van der Waals surface area contributed by atoms with Crippen LogP contribution < -0.4 is 5.32 Å². The highest BCUT2D eigenvalue weighted by Crippen LogP contribution is 2.24. The van der Waals surface area contributed by atoms with Crippen LogP contribution in [0.1, 0.15) is 34.3 Å². The van der Waals surface area contributed by atoms with E-state index in [1.807, 2.05) is 42.5 Å². The third-order valence-electron chi connectivity index (χ3n) is 4.52. The third-order valence-corrected chi connectivity index (χ3v) is 4.52. The fraction of sp³-hybridized carbons (Fsp3) is 0.174. The van der Waals surface area contributed by atoms with Gasteiger partial charge in [0.2, 0.25) is 0 Å². The van der Waals surface area contributed by atoms with Crippen molar-refractivity contribution in [2.45, 2.75) is 25.3 Å². The maximum atomic E-state index is 12.5. The first-order valence-electron chi connectivity index (χ1n) is 8.69. The first-order chi connectivity index (χ1) is 12.2. The molecular weight excluding hydrogens is 306 g/mol. The van der Waals surface area contributed by atoms with Gasteiger partial charge in [0.1, 0.15) is 0 Å². The minimum Gasteiger partial charge on any atom is -0.349 e. The monoisotopic (exact) mass is 329 g/mol. The van der Waals surface area contributed by atoms with E-state index >= 15 is 0 Å². The van der Waals surface area contributed by atoms with E-state index in [4.69, 9.17) is 0 Å². The molecule has 3 rings (SSSR count). The highest BCUT2D eigenvalue weighted by Gasteiger charge is 2.22. The number of amides is 1. The van der Waals surface area contributed by atoms with Gasteiger partial charge in [-0.3, -0.25) is 4.79 Å². The summed E-state index contributed by atoms with van der Waals surface area (Å²) < 4.78 is 0. The number of hydrogen-bond donors (Lipinski definition) is 1. The van der Waals surface area contributed by atoms with E-state index < -0.39 is 0 Å². The van der Waals surface area contributed by atoms with Crippen LogP contribution in [0, 0.1) is 0 Å². The molecule has 0 radical (unpaired) electrons. The molecule has 0 aliphatic rings. The van der Waals surface area contributed by atoms with Gasteiger partial charge in [0.05, 0.1) is 0 Å². The largest absolute Gasteiger partial charge is 0.349 e. The molecule has 3 aromatic rings. The zero-order valence-electron chi connectivity index (χ0n) is 14.4. The topological polar surface area (TPSA) is 29.1 Å². The van der Waals surface area contributed by atoms with Crippen molar-refractivity contribution in [2.75, 3.05) is 0 Å². The Morgan fingerprint density at radius 1 is 0.800 bits per heavy atom. The molecule has 2 heteroatoms. The van der Waals surface area contributed by atoms with E-state index in [0.717, 1.165) is 6.42 Å². The summed E-state index contributed by atoms with van der Waals surface area (Å²) in [5.74, 6) is 0.193. The fourth-order valence-electron chi connectivity index (χ4n) is 3.13. The Kier molecular flexibility index (Phi) is 5.63. The van der Waals surface area contributed by atoms with Crippen molar-refractivity contribution in [3.63, 3.8) is 0 Å². The number of carbonyl (C=O) groups is 1. The van der Waals surface area contributed by atoms with E-state index in [-0.39, 0.29) is 17.9 Å². The maximum Gasteiger partial charge on any atom is 0.251 e. The maximum absolute atomic E-state index is 12.5. The zero-order valence-corrected chi connectivity index (χ0v) is 14.4. The lowest BCUT2D eigenvalue weighted by atomic mass is 9.86. The van der Waals surface area contributed by atoms with Crippen LogP contribution in [0.25, 0.3) is 0 Å². The standard InChI is InChI=1S/C23H23NO/c1-18(24-23(25)21-15-9-4-10-16-21)22(20-13-7-3-8-14-20)17-19-11-5-2-6-12-19/h2-16,18,22H,17H2,1H3,(H,24,25). The molecule has 1 amide bonds. The lowest BCUT2D eigenvalue weighted by Gasteiger charge is -2.26. The summed E-state index contributed by atoms with van der Waals surface area (Å²) in [6.07, 6.45) is 0.890. The Balaban J connectivity index is 1.80. The summed E-state index contributed by atoms with van der Waals surface area (Å²) in [6.45, 7) is 2.08. The summed E-state index contributed by atoms with van der Waals surface area (Å²) in [4.78, 5) is 12.5.